The first kappa shape index (κ1) is 15.5. The van der Waals surface area contributed by atoms with Crippen LogP contribution in [0.15, 0.2) is 0 Å². The molecule has 0 heterocycles. The molecule has 1 fully saturated rings. The minimum Gasteiger partial charge on any atom is -0.335 e. The summed E-state index contributed by atoms with van der Waals surface area (Å²) in [6.45, 7) is 0. The molecule has 0 aromatic heterocycles. The molecule has 16 heavy (non-hydrogen) atoms. The van der Waals surface area contributed by atoms with Crippen molar-refractivity contribution in [3.8, 4) is 0 Å². The van der Waals surface area contributed by atoms with Gasteiger partial charge in [-0.15, -0.1) is 12.4 Å². The van der Waals surface area contributed by atoms with Crippen molar-refractivity contribution < 1.29 is 18.0 Å². The first-order valence-corrected chi connectivity index (χ1v) is 4.92. The van der Waals surface area contributed by atoms with Gasteiger partial charge in [0.15, 0.2) is 0 Å². The third-order valence-corrected chi connectivity index (χ3v) is 2.85. The fourth-order valence-electron chi connectivity index (χ4n) is 1.85. The highest BCUT2D eigenvalue weighted by molar-refractivity contribution is 5.85. The predicted octanol–water partition coefficient (Wildman–Crippen LogP) is 1.70. The van der Waals surface area contributed by atoms with Crippen molar-refractivity contribution in [2.45, 2.75) is 43.9 Å². The average Bonchev–Trinajstić information content (AvgIpc) is 2.15. The normalized spacial score (nSPS) is 25.8. The highest BCUT2D eigenvalue weighted by atomic mass is 35.5. The molecular formula is C9H16ClF3N2O. The van der Waals surface area contributed by atoms with Gasteiger partial charge in [0.05, 0.1) is 0 Å². The van der Waals surface area contributed by atoms with Crippen molar-refractivity contribution in [1.29, 1.82) is 0 Å². The van der Waals surface area contributed by atoms with Crippen LogP contribution >= 0.6 is 12.4 Å². The van der Waals surface area contributed by atoms with Gasteiger partial charge in [-0.2, -0.15) is 13.2 Å². The lowest BCUT2D eigenvalue weighted by molar-refractivity contribution is -0.186. The third kappa shape index (κ3) is 3.83. The fourth-order valence-corrected chi connectivity index (χ4v) is 1.85. The molecule has 1 aliphatic rings. The van der Waals surface area contributed by atoms with Crippen LogP contribution < -0.4 is 5.73 Å². The van der Waals surface area contributed by atoms with Crippen LogP contribution in [0.3, 0.4) is 0 Å². The van der Waals surface area contributed by atoms with Gasteiger partial charge in [-0.1, -0.05) is 0 Å². The van der Waals surface area contributed by atoms with Gasteiger partial charge >= 0.3 is 12.1 Å². The van der Waals surface area contributed by atoms with Crippen LogP contribution in [0, 0.1) is 0 Å². The van der Waals surface area contributed by atoms with E-state index in [1.165, 1.54) is 7.05 Å². The Labute approximate surface area is 98.6 Å². The molecule has 0 radical (unpaired) electrons. The molecule has 3 nitrogen and oxygen atoms in total. The molecule has 0 unspecified atom stereocenters. The Balaban J connectivity index is 0.00000225. The second-order valence-corrected chi connectivity index (χ2v) is 3.98. The second kappa shape index (κ2) is 5.72. The van der Waals surface area contributed by atoms with Gasteiger partial charge in [0, 0.05) is 19.1 Å². The summed E-state index contributed by atoms with van der Waals surface area (Å²) < 4.78 is 36.3. The van der Waals surface area contributed by atoms with E-state index < -0.39 is 12.1 Å². The van der Waals surface area contributed by atoms with Gasteiger partial charge in [-0.25, -0.2) is 0 Å². The number of nitrogens with two attached hydrogens (primary N) is 1. The van der Waals surface area contributed by atoms with E-state index in [1.807, 2.05) is 0 Å². The zero-order chi connectivity index (χ0) is 11.6. The number of amides is 1. The van der Waals surface area contributed by atoms with Crippen molar-refractivity contribution in [2.75, 3.05) is 7.05 Å². The molecule has 96 valence electrons. The van der Waals surface area contributed by atoms with Crippen molar-refractivity contribution in [1.82, 2.24) is 4.90 Å². The highest BCUT2D eigenvalue weighted by Crippen LogP contribution is 2.25. The van der Waals surface area contributed by atoms with Crippen LogP contribution in [-0.2, 0) is 4.79 Å². The first-order valence-electron chi connectivity index (χ1n) is 4.92. The van der Waals surface area contributed by atoms with Crippen molar-refractivity contribution >= 4 is 18.3 Å². The summed E-state index contributed by atoms with van der Waals surface area (Å²) in [7, 11) is 1.21. The summed E-state index contributed by atoms with van der Waals surface area (Å²) in [6.07, 6.45) is -2.30. The number of rotatable bonds is 1. The summed E-state index contributed by atoms with van der Waals surface area (Å²) >= 11 is 0. The predicted molar refractivity (Wildman–Crippen MR) is 56.3 cm³/mol. The molecule has 0 saturated heterocycles. The average molecular weight is 261 g/mol. The highest BCUT2D eigenvalue weighted by Gasteiger charge is 2.43. The molecule has 0 spiro atoms. The molecule has 2 N–H and O–H groups in total. The largest absolute Gasteiger partial charge is 0.471 e. The quantitative estimate of drug-likeness (QED) is 0.780. The van der Waals surface area contributed by atoms with Gasteiger partial charge < -0.3 is 10.6 Å². The van der Waals surface area contributed by atoms with E-state index in [4.69, 9.17) is 5.73 Å². The maximum Gasteiger partial charge on any atom is 0.471 e. The van der Waals surface area contributed by atoms with Crippen LogP contribution in [0.25, 0.3) is 0 Å². The number of halogens is 4. The van der Waals surface area contributed by atoms with E-state index in [0.29, 0.717) is 25.7 Å². The molecule has 0 aliphatic heterocycles. The fraction of sp³-hybridized carbons (Fsp3) is 0.889. The second-order valence-electron chi connectivity index (χ2n) is 3.98. The van der Waals surface area contributed by atoms with Gasteiger partial charge in [0.2, 0.25) is 0 Å². The van der Waals surface area contributed by atoms with Crippen LogP contribution in [0.4, 0.5) is 13.2 Å². The topological polar surface area (TPSA) is 46.3 Å². The lowest BCUT2D eigenvalue weighted by Crippen LogP contribution is -2.47. The monoisotopic (exact) mass is 260 g/mol. The lowest BCUT2D eigenvalue weighted by atomic mass is 9.91. The van der Waals surface area contributed by atoms with Crippen LogP contribution in [0.2, 0.25) is 0 Å². The van der Waals surface area contributed by atoms with Crippen LogP contribution in [0.5, 0.6) is 0 Å². The van der Waals surface area contributed by atoms with Crippen LogP contribution in [-0.4, -0.2) is 36.1 Å². The number of nitrogens with zero attached hydrogens (tertiary/aromatic N) is 1. The van der Waals surface area contributed by atoms with Gasteiger partial charge in [0.1, 0.15) is 0 Å². The molecular weight excluding hydrogens is 245 g/mol. The summed E-state index contributed by atoms with van der Waals surface area (Å²) in [5.74, 6) is -1.76. The maximum absolute atomic E-state index is 12.1. The van der Waals surface area contributed by atoms with Crippen molar-refractivity contribution in [2.24, 2.45) is 5.73 Å². The Morgan fingerprint density at radius 3 is 2.06 bits per heavy atom. The summed E-state index contributed by atoms with van der Waals surface area (Å²) in [6, 6.07) is -0.255. The molecule has 1 amide bonds. The SMILES string of the molecule is CN(C(=O)C(F)(F)F)C1CCC(N)CC1.Cl. The molecule has 0 atom stereocenters. The van der Waals surface area contributed by atoms with Crippen LogP contribution in [0.1, 0.15) is 25.7 Å². The zero-order valence-corrected chi connectivity index (χ0v) is 9.77. The van der Waals surface area contributed by atoms with Crippen molar-refractivity contribution in [3.05, 3.63) is 0 Å². The van der Waals surface area contributed by atoms with Gasteiger partial charge in [0.25, 0.3) is 0 Å². The van der Waals surface area contributed by atoms with E-state index in [9.17, 15) is 18.0 Å². The van der Waals surface area contributed by atoms with E-state index in [-0.39, 0.29) is 24.5 Å². The number of hydrogen-bond donors (Lipinski definition) is 1. The number of carbonyl (C=O) groups is 1. The summed E-state index contributed by atoms with van der Waals surface area (Å²) in [5.41, 5.74) is 5.63. The van der Waals surface area contributed by atoms with E-state index in [0.717, 1.165) is 4.90 Å². The number of carbonyl (C=O) groups excluding carboxylic acids is 1. The Bertz CT molecular complexity index is 239. The lowest BCUT2D eigenvalue weighted by Gasteiger charge is -2.33. The Hall–Kier alpha value is -0.490. The molecule has 7 heteroatoms. The Kier molecular flexibility index (Phi) is 5.55. The maximum atomic E-state index is 12.1. The molecule has 1 saturated carbocycles. The van der Waals surface area contributed by atoms with E-state index in [1.54, 1.807) is 0 Å². The summed E-state index contributed by atoms with van der Waals surface area (Å²) in [5, 5.41) is 0. The molecule has 0 bridgehead atoms. The zero-order valence-electron chi connectivity index (χ0n) is 8.96. The summed E-state index contributed by atoms with van der Waals surface area (Å²) in [4.78, 5) is 11.7. The van der Waals surface area contributed by atoms with E-state index in [2.05, 4.69) is 0 Å². The minimum atomic E-state index is -4.77. The van der Waals surface area contributed by atoms with Crippen molar-refractivity contribution in [3.63, 3.8) is 0 Å². The number of alkyl halides is 3. The molecule has 1 rings (SSSR count). The minimum absolute atomic E-state index is 0. The van der Waals surface area contributed by atoms with E-state index >= 15 is 0 Å². The number of hydrogen-bond acceptors (Lipinski definition) is 2. The van der Waals surface area contributed by atoms with Gasteiger partial charge in [-0.05, 0) is 25.7 Å². The first-order chi connectivity index (χ1) is 6.82. The Morgan fingerprint density at radius 1 is 1.25 bits per heavy atom. The molecule has 0 aromatic rings. The van der Waals surface area contributed by atoms with Gasteiger partial charge in [-0.3, -0.25) is 4.79 Å². The standard InChI is InChI=1S/C9H15F3N2O.ClH/c1-14(8(15)9(10,11)12)7-4-2-6(13)3-5-7;/h6-7H,2-5,13H2,1H3;1H. The smallest absolute Gasteiger partial charge is 0.335 e. The third-order valence-electron chi connectivity index (χ3n) is 2.85. The Morgan fingerprint density at radius 2 is 1.69 bits per heavy atom. The molecule has 0 aromatic carbocycles. The molecule has 1 aliphatic carbocycles.